The van der Waals surface area contributed by atoms with Gasteiger partial charge in [0.05, 0.1) is 18.9 Å². The largest absolute Gasteiger partial charge is 0.488 e. The molecule has 5 heteroatoms. The second-order valence-electron chi connectivity index (χ2n) is 4.26. The smallest absolute Gasteiger partial charge is 0.337 e. The number of hydrogen-bond acceptors (Lipinski definition) is 5. The highest BCUT2D eigenvalue weighted by Crippen LogP contribution is 2.18. The van der Waals surface area contributed by atoms with Gasteiger partial charge in [0.2, 0.25) is 0 Å². The number of esters is 1. The maximum absolute atomic E-state index is 11.3. The lowest BCUT2D eigenvalue weighted by Crippen LogP contribution is -2.02. The van der Waals surface area contributed by atoms with Crippen molar-refractivity contribution in [3.05, 3.63) is 65.2 Å². The van der Waals surface area contributed by atoms with Gasteiger partial charge < -0.3 is 14.7 Å². The molecule has 0 saturated heterocycles. The Morgan fingerprint density at radius 2 is 1.90 bits per heavy atom. The predicted molar refractivity (Wildman–Crippen MR) is 77.9 cm³/mol. The number of para-hydroxylation sites is 1. The van der Waals surface area contributed by atoms with Crippen LogP contribution in [0.5, 0.6) is 5.75 Å². The van der Waals surface area contributed by atoms with Crippen LogP contribution in [0.15, 0.2) is 53.7 Å². The Hall–Kier alpha value is -2.82. The monoisotopic (exact) mass is 285 g/mol. The fraction of sp³-hybridized carbons (Fsp3) is 0.125. The maximum atomic E-state index is 11.3. The van der Waals surface area contributed by atoms with Crippen molar-refractivity contribution in [1.29, 1.82) is 0 Å². The minimum absolute atomic E-state index is 0.345. The average molecular weight is 285 g/mol. The summed E-state index contributed by atoms with van der Waals surface area (Å²) < 4.78 is 10.3. The zero-order chi connectivity index (χ0) is 15.1. The molecule has 0 bridgehead atoms. The normalized spacial score (nSPS) is 10.5. The van der Waals surface area contributed by atoms with Crippen LogP contribution < -0.4 is 4.74 Å². The van der Waals surface area contributed by atoms with E-state index in [4.69, 9.17) is 9.94 Å². The van der Waals surface area contributed by atoms with Gasteiger partial charge in [-0.25, -0.2) is 4.79 Å². The third-order valence-corrected chi connectivity index (χ3v) is 2.89. The van der Waals surface area contributed by atoms with Crippen molar-refractivity contribution in [1.82, 2.24) is 0 Å². The van der Waals surface area contributed by atoms with Gasteiger partial charge in [0, 0.05) is 5.56 Å². The molecule has 1 N–H and O–H groups in total. The molecule has 5 nitrogen and oxygen atoms in total. The van der Waals surface area contributed by atoms with Gasteiger partial charge in [-0.3, -0.25) is 0 Å². The fourth-order valence-corrected chi connectivity index (χ4v) is 1.80. The van der Waals surface area contributed by atoms with Gasteiger partial charge in [-0.2, -0.15) is 0 Å². The first-order valence-corrected chi connectivity index (χ1v) is 6.31. The Morgan fingerprint density at radius 3 is 2.57 bits per heavy atom. The molecule has 2 aromatic carbocycles. The van der Waals surface area contributed by atoms with Gasteiger partial charge in [-0.1, -0.05) is 29.4 Å². The Kier molecular flexibility index (Phi) is 4.93. The average Bonchev–Trinajstić information content (AvgIpc) is 2.54. The number of hydrogen-bond donors (Lipinski definition) is 1. The lowest BCUT2D eigenvalue weighted by atomic mass is 10.1. The Bertz CT molecular complexity index is 635. The molecule has 0 unspecified atom stereocenters. The molecule has 0 amide bonds. The second kappa shape index (κ2) is 7.09. The number of methoxy groups -OCH3 is 1. The number of ether oxygens (including phenoxy) is 2. The summed E-state index contributed by atoms with van der Waals surface area (Å²) in [5.41, 5.74) is 2.10. The van der Waals surface area contributed by atoms with Crippen LogP contribution in [-0.2, 0) is 11.3 Å². The topological polar surface area (TPSA) is 68.1 Å². The van der Waals surface area contributed by atoms with Crippen molar-refractivity contribution >= 4 is 12.2 Å². The predicted octanol–water partition coefficient (Wildman–Crippen LogP) is 2.86. The molecule has 0 atom stereocenters. The van der Waals surface area contributed by atoms with E-state index in [0.717, 1.165) is 5.56 Å². The van der Waals surface area contributed by atoms with Crippen molar-refractivity contribution in [2.24, 2.45) is 5.16 Å². The highest BCUT2D eigenvalue weighted by molar-refractivity contribution is 5.89. The maximum Gasteiger partial charge on any atom is 0.337 e. The summed E-state index contributed by atoms with van der Waals surface area (Å²) in [4.78, 5) is 11.3. The van der Waals surface area contributed by atoms with E-state index in [1.54, 1.807) is 36.4 Å². The van der Waals surface area contributed by atoms with Crippen molar-refractivity contribution in [2.75, 3.05) is 7.11 Å². The van der Waals surface area contributed by atoms with Gasteiger partial charge in [0.15, 0.2) is 0 Å². The molecule has 21 heavy (non-hydrogen) atoms. The summed E-state index contributed by atoms with van der Waals surface area (Å²) in [5, 5.41) is 11.6. The number of benzene rings is 2. The molecular formula is C16H15NO4. The van der Waals surface area contributed by atoms with Crippen LogP contribution in [-0.4, -0.2) is 24.5 Å². The zero-order valence-electron chi connectivity index (χ0n) is 11.5. The molecule has 0 aromatic heterocycles. The van der Waals surface area contributed by atoms with Crippen LogP contribution in [0.4, 0.5) is 0 Å². The summed E-state index contributed by atoms with van der Waals surface area (Å²) in [7, 11) is 1.35. The lowest BCUT2D eigenvalue weighted by molar-refractivity contribution is 0.0600. The number of rotatable bonds is 5. The van der Waals surface area contributed by atoms with Gasteiger partial charge in [-0.05, 0) is 29.8 Å². The molecule has 0 aliphatic carbocycles. The summed E-state index contributed by atoms with van der Waals surface area (Å²) >= 11 is 0. The van der Waals surface area contributed by atoms with Crippen LogP contribution in [0.25, 0.3) is 0 Å². The van der Waals surface area contributed by atoms with Crippen molar-refractivity contribution < 1.29 is 19.5 Å². The van der Waals surface area contributed by atoms with Crippen molar-refractivity contribution in [2.45, 2.75) is 6.61 Å². The Balaban J connectivity index is 2.05. The van der Waals surface area contributed by atoms with E-state index in [1.807, 2.05) is 12.1 Å². The lowest BCUT2D eigenvalue weighted by Gasteiger charge is -2.09. The van der Waals surface area contributed by atoms with Gasteiger partial charge in [0.25, 0.3) is 0 Å². The molecule has 0 heterocycles. The molecule has 0 aliphatic heterocycles. The first kappa shape index (κ1) is 14.6. The fourth-order valence-electron chi connectivity index (χ4n) is 1.80. The van der Waals surface area contributed by atoms with E-state index in [2.05, 4.69) is 9.89 Å². The first-order chi connectivity index (χ1) is 10.2. The molecule has 2 rings (SSSR count). The van der Waals surface area contributed by atoms with Gasteiger partial charge >= 0.3 is 5.97 Å². The summed E-state index contributed by atoms with van der Waals surface area (Å²) in [6.07, 6.45) is 1.32. The Morgan fingerprint density at radius 1 is 1.19 bits per heavy atom. The number of carbonyl (C=O) groups is 1. The first-order valence-electron chi connectivity index (χ1n) is 6.31. The minimum Gasteiger partial charge on any atom is -0.488 e. The second-order valence-corrected chi connectivity index (χ2v) is 4.26. The van der Waals surface area contributed by atoms with Crippen molar-refractivity contribution in [3.63, 3.8) is 0 Å². The van der Waals surface area contributed by atoms with Crippen LogP contribution in [0.2, 0.25) is 0 Å². The highest BCUT2D eigenvalue weighted by atomic mass is 16.5. The van der Waals surface area contributed by atoms with Crippen LogP contribution in [0, 0.1) is 0 Å². The molecule has 0 radical (unpaired) electrons. The van der Waals surface area contributed by atoms with Gasteiger partial charge in [0.1, 0.15) is 12.4 Å². The molecular weight excluding hydrogens is 270 g/mol. The Labute approximate surface area is 122 Å². The minimum atomic E-state index is -0.369. The summed E-state index contributed by atoms with van der Waals surface area (Å²) in [5.74, 6) is 0.249. The SMILES string of the molecule is COC(=O)c1ccc(COc2ccccc2/C=N\O)cc1. The van der Waals surface area contributed by atoms with E-state index >= 15 is 0 Å². The summed E-state index contributed by atoms with van der Waals surface area (Å²) in [6.45, 7) is 0.345. The van der Waals surface area contributed by atoms with Gasteiger partial charge in [-0.15, -0.1) is 0 Å². The van der Waals surface area contributed by atoms with E-state index in [1.165, 1.54) is 13.3 Å². The highest BCUT2D eigenvalue weighted by Gasteiger charge is 2.05. The zero-order valence-corrected chi connectivity index (χ0v) is 11.5. The van der Waals surface area contributed by atoms with E-state index < -0.39 is 0 Å². The van der Waals surface area contributed by atoms with Crippen molar-refractivity contribution in [3.8, 4) is 5.75 Å². The molecule has 0 aliphatic rings. The molecule has 0 spiro atoms. The van der Waals surface area contributed by atoms with E-state index in [-0.39, 0.29) is 5.97 Å². The molecule has 0 saturated carbocycles. The number of nitrogens with zero attached hydrogens (tertiary/aromatic N) is 1. The molecule has 108 valence electrons. The standard InChI is InChI=1S/C16H15NO4/c1-20-16(18)13-8-6-12(7-9-13)11-21-15-5-3-2-4-14(15)10-17-19/h2-10,19H,11H2,1H3/b17-10-. The van der Waals surface area contributed by atoms with Crippen LogP contribution in [0.3, 0.4) is 0 Å². The third-order valence-electron chi connectivity index (χ3n) is 2.89. The third kappa shape index (κ3) is 3.82. The number of carbonyl (C=O) groups excluding carboxylic acids is 1. The van der Waals surface area contributed by atoms with Crippen LogP contribution >= 0.6 is 0 Å². The summed E-state index contributed by atoms with van der Waals surface area (Å²) in [6, 6.07) is 14.2. The quantitative estimate of drug-likeness (QED) is 0.397. The van der Waals surface area contributed by atoms with E-state index in [0.29, 0.717) is 23.5 Å². The van der Waals surface area contributed by atoms with E-state index in [9.17, 15) is 4.79 Å². The van der Waals surface area contributed by atoms with Crippen LogP contribution in [0.1, 0.15) is 21.5 Å². The number of oxime groups is 1. The molecule has 0 fully saturated rings. The molecule has 2 aromatic rings.